The molecule has 5 heteroatoms. The standard InChI is InChI=1S/C33H28N2O3/c1-38-26-15-12-22(13-16-26)32-31-29(19-25(20-30(31)36)21-8-4-2-5-9-21)34-28-18-24(14-17-27(28)35-32)33(37)23-10-6-3-7-11-23/h2-19,25,31-32,34-35H,20H2,1H3/t25-,31-,32-/m0/s1. The van der Waals surface area contributed by atoms with Gasteiger partial charge in [0.05, 0.1) is 30.4 Å². The zero-order chi connectivity index (χ0) is 26.1. The van der Waals surface area contributed by atoms with Crippen LogP contribution in [0.25, 0.3) is 0 Å². The molecule has 4 aromatic rings. The van der Waals surface area contributed by atoms with Crippen LogP contribution in [-0.4, -0.2) is 18.7 Å². The van der Waals surface area contributed by atoms with Crippen LogP contribution < -0.4 is 15.4 Å². The number of hydrogen-bond donors (Lipinski definition) is 2. The number of Topliss-reactive ketones (excluding diaryl/α,β-unsaturated/α-hetero) is 1. The van der Waals surface area contributed by atoms with Gasteiger partial charge in [-0.3, -0.25) is 9.59 Å². The maximum atomic E-state index is 13.8. The predicted octanol–water partition coefficient (Wildman–Crippen LogP) is 6.76. The number of hydrogen-bond acceptors (Lipinski definition) is 5. The largest absolute Gasteiger partial charge is 0.497 e. The molecule has 0 aromatic heterocycles. The third kappa shape index (κ3) is 4.48. The second kappa shape index (κ2) is 10.0. The maximum Gasteiger partial charge on any atom is 0.193 e. The number of nitrogens with one attached hydrogen (secondary N) is 2. The van der Waals surface area contributed by atoms with Gasteiger partial charge in [-0.1, -0.05) is 78.9 Å². The highest BCUT2D eigenvalue weighted by Gasteiger charge is 2.40. The Morgan fingerprint density at radius 1 is 0.789 bits per heavy atom. The first-order valence-electron chi connectivity index (χ1n) is 12.8. The van der Waals surface area contributed by atoms with Gasteiger partial charge in [0, 0.05) is 29.2 Å². The fourth-order valence-corrected chi connectivity index (χ4v) is 5.46. The lowest BCUT2D eigenvalue weighted by Crippen LogP contribution is -2.33. The zero-order valence-electron chi connectivity index (χ0n) is 21.1. The van der Waals surface area contributed by atoms with Gasteiger partial charge in [0.1, 0.15) is 11.5 Å². The van der Waals surface area contributed by atoms with E-state index in [0.717, 1.165) is 33.9 Å². The monoisotopic (exact) mass is 500 g/mol. The van der Waals surface area contributed by atoms with Crippen molar-refractivity contribution < 1.29 is 14.3 Å². The number of ketones is 2. The van der Waals surface area contributed by atoms with Crippen molar-refractivity contribution in [3.8, 4) is 5.75 Å². The fraction of sp³-hybridized carbons (Fsp3) is 0.152. The van der Waals surface area contributed by atoms with Gasteiger partial charge >= 0.3 is 0 Å². The van der Waals surface area contributed by atoms with E-state index in [4.69, 9.17) is 4.74 Å². The Kier molecular flexibility index (Phi) is 6.26. The van der Waals surface area contributed by atoms with Crippen LogP contribution in [0.2, 0.25) is 0 Å². The van der Waals surface area contributed by atoms with Gasteiger partial charge in [0.15, 0.2) is 5.78 Å². The average molecular weight is 501 g/mol. The second-order valence-corrected chi connectivity index (χ2v) is 9.76. The Morgan fingerprint density at radius 2 is 1.50 bits per heavy atom. The van der Waals surface area contributed by atoms with E-state index in [9.17, 15) is 9.59 Å². The number of ether oxygens (including phenoxy) is 1. The summed E-state index contributed by atoms with van der Waals surface area (Å²) < 4.78 is 5.36. The minimum Gasteiger partial charge on any atom is -0.497 e. The molecule has 1 aliphatic heterocycles. The summed E-state index contributed by atoms with van der Waals surface area (Å²) in [5.74, 6) is 0.475. The third-order valence-corrected chi connectivity index (χ3v) is 7.43. The topological polar surface area (TPSA) is 67.4 Å². The molecule has 188 valence electrons. The van der Waals surface area contributed by atoms with Crippen molar-refractivity contribution in [2.45, 2.75) is 18.4 Å². The van der Waals surface area contributed by atoms with E-state index in [1.165, 1.54) is 0 Å². The smallest absolute Gasteiger partial charge is 0.193 e. The molecular weight excluding hydrogens is 472 g/mol. The van der Waals surface area contributed by atoms with Crippen molar-refractivity contribution in [1.29, 1.82) is 0 Å². The first-order chi connectivity index (χ1) is 18.6. The van der Waals surface area contributed by atoms with Crippen molar-refractivity contribution in [2.24, 2.45) is 5.92 Å². The van der Waals surface area contributed by atoms with Crippen molar-refractivity contribution in [3.63, 3.8) is 0 Å². The van der Waals surface area contributed by atoms with Crippen molar-refractivity contribution in [2.75, 3.05) is 17.7 Å². The molecule has 0 saturated heterocycles. The molecule has 0 bridgehead atoms. The maximum absolute atomic E-state index is 13.8. The Bertz CT molecular complexity index is 1510. The van der Waals surface area contributed by atoms with E-state index >= 15 is 0 Å². The first-order valence-corrected chi connectivity index (χ1v) is 12.8. The van der Waals surface area contributed by atoms with Crippen LogP contribution in [0.15, 0.2) is 115 Å². The predicted molar refractivity (Wildman–Crippen MR) is 150 cm³/mol. The lowest BCUT2D eigenvalue weighted by molar-refractivity contribution is -0.122. The summed E-state index contributed by atoms with van der Waals surface area (Å²) in [6.07, 6.45) is 2.61. The van der Waals surface area contributed by atoms with E-state index in [-0.39, 0.29) is 23.5 Å². The second-order valence-electron chi connectivity index (χ2n) is 9.76. The van der Waals surface area contributed by atoms with Crippen molar-refractivity contribution in [1.82, 2.24) is 0 Å². The van der Waals surface area contributed by atoms with Gasteiger partial charge in [0.2, 0.25) is 0 Å². The molecule has 6 rings (SSSR count). The van der Waals surface area contributed by atoms with E-state index in [0.29, 0.717) is 17.5 Å². The highest BCUT2D eigenvalue weighted by atomic mass is 16.5. The molecule has 0 spiro atoms. The van der Waals surface area contributed by atoms with Crippen LogP contribution in [0, 0.1) is 5.92 Å². The number of fused-ring (bicyclic) bond motifs is 2. The minimum absolute atomic E-state index is 0.0188. The quantitative estimate of drug-likeness (QED) is 0.296. The fourth-order valence-electron chi connectivity index (χ4n) is 5.46. The van der Waals surface area contributed by atoms with E-state index < -0.39 is 5.92 Å². The normalized spacial score (nSPS) is 20.1. The number of allylic oxidation sites excluding steroid dienone is 1. The minimum atomic E-state index is -0.399. The van der Waals surface area contributed by atoms with Crippen molar-refractivity contribution >= 4 is 22.9 Å². The van der Waals surface area contributed by atoms with E-state index in [2.05, 4.69) is 28.8 Å². The lowest BCUT2D eigenvalue weighted by atomic mass is 9.76. The average Bonchev–Trinajstić information content (AvgIpc) is 3.14. The summed E-state index contributed by atoms with van der Waals surface area (Å²) in [5.41, 5.74) is 5.81. The Hall–Kier alpha value is -4.64. The molecule has 0 saturated carbocycles. The van der Waals surface area contributed by atoms with E-state index in [1.54, 1.807) is 7.11 Å². The van der Waals surface area contributed by atoms with Crippen LogP contribution in [0.3, 0.4) is 0 Å². The van der Waals surface area contributed by atoms with Gasteiger partial charge < -0.3 is 15.4 Å². The van der Waals surface area contributed by atoms with Gasteiger partial charge in [-0.15, -0.1) is 0 Å². The summed E-state index contributed by atoms with van der Waals surface area (Å²) in [4.78, 5) is 27.0. The Labute approximate surface area is 222 Å². The van der Waals surface area contributed by atoms with Crippen LogP contribution >= 0.6 is 0 Å². The molecule has 1 heterocycles. The molecule has 2 aliphatic rings. The molecule has 5 nitrogen and oxygen atoms in total. The molecular formula is C33H28N2O3. The van der Waals surface area contributed by atoms with Gasteiger partial charge in [-0.25, -0.2) is 0 Å². The Balaban J connectivity index is 1.44. The molecule has 1 aliphatic carbocycles. The Morgan fingerprint density at radius 3 is 2.21 bits per heavy atom. The number of rotatable bonds is 5. The number of anilines is 2. The molecule has 0 radical (unpaired) electrons. The van der Waals surface area contributed by atoms with Gasteiger partial charge in [-0.05, 0) is 41.5 Å². The molecule has 2 N–H and O–H groups in total. The summed E-state index contributed by atoms with van der Waals surface area (Å²) in [5, 5.41) is 7.19. The third-order valence-electron chi connectivity index (χ3n) is 7.43. The number of methoxy groups -OCH3 is 1. The summed E-state index contributed by atoms with van der Waals surface area (Å²) in [6, 6.07) is 32.6. The summed E-state index contributed by atoms with van der Waals surface area (Å²) in [7, 11) is 1.64. The summed E-state index contributed by atoms with van der Waals surface area (Å²) in [6.45, 7) is 0. The highest BCUT2D eigenvalue weighted by Crippen LogP contribution is 2.45. The van der Waals surface area contributed by atoms with Crippen LogP contribution in [0.5, 0.6) is 5.75 Å². The molecule has 3 atom stereocenters. The van der Waals surface area contributed by atoms with Crippen molar-refractivity contribution in [3.05, 3.63) is 137 Å². The lowest BCUT2D eigenvalue weighted by Gasteiger charge is -2.32. The number of carbonyl (C=O) groups is 2. The van der Waals surface area contributed by atoms with Gasteiger partial charge in [-0.2, -0.15) is 0 Å². The van der Waals surface area contributed by atoms with E-state index in [1.807, 2.05) is 91.0 Å². The number of carbonyl (C=O) groups excluding carboxylic acids is 2. The molecule has 0 amide bonds. The molecule has 0 unspecified atom stereocenters. The van der Waals surface area contributed by atoms with Gasteiger partial charge in [0.25, 0.3) is 0 Å². The first kappa shape index (κ1) is 23.7. The molecule has 38 heavy (non-hydrogen) atoms. The van der Waals surface area contributed by atoms with Crippen LogP contribution in [0.1, 0.15) is 45.4 Å². The molecule has 4 aromatic carbocycles. The van der Waals surface area contributed by atoms with Crippen LogP contribution in [0.4, 0.5) is 11.4 Å². The highest BCUT2D eigenvalue weighted by molar-refractivity contribution is 6.10. The van der Waals surface area contributed by atoms with Crippen LogP contribution in [-0.2, 0) is 4.79 Å². The summed E-state index contributed by atoms with van der Waals surface area (Å²) >= 11 is 0. The zero-order valence-corrected chi connectivity index (χ0v) is 21.1. The molecule has 0 fully saturated rings. The SMILES string of the molecule is COc1ccc([C@@H]2Nc3ccc(C(=O)c4ccccc4)cc3NC3=C[C@H](c4ccccc4)CC(=O)[C@H]32)cc1. The number of benzene rings is 4.